The molecule has 7 nitrogen and oxygen atoms in total. The number of nitrogen functional groups attached to an aromatic ring is 1. The molecule has 20 heavy (non-hydrogen) atoms. The molecule has 0 spiro atoms. The normalized spacial score (nSPS) is 12.6. The van der Waals surface area contributed by atoms with E-state index in [0.29, 0.717) is 0 Å². The quantitative estimate of drug-likeness (QED) is 0.681. The van der Waals surface area contributed by atoms with Crippen LogP contribution in [0, 0.1) is 5.82 Å². The van der Waals surface area contributed by atoms with Crippen LogP contribution in [-0.2, 0) is 14.6 Å². The Labute approximate surface area is 115 Å². The minimum absolute atomic E-state index is 0.202. The van der Waals surface area contributed by atoms with Crippen LogP contribution in [0.1, 0.15) is 6.92 Å². The molecular formula is C11H14FN3O4S. The molecular weight excluding hydrogens is 289 g/mol. The van der Waals surface area contributed by atoms with Crippen LogP contribution in [0.4, 0.5) is 14.9 Å². The summed E-state index contributed by atoms with van der Waals surface area (Å²) in [6.45, 7) is 1.10. The van der Waals surface area contributed by atoms with Crippen molar-refractivity contribution >= 4 is 27.5 Å². The molecule has 3 amide bonds. The SMILES string of the molecule is CNC(=O)NC(=O)C(C)S(=O)(=O)c1ccc(N)c(F)c1. The highest BCUT2D eigenvalue weighted by Gasteiger charge is 2.31. The van der Waals surface area contributed by atoms with Gasteiger partial charge in [-0.15, -0.1) is 0 Å². The highest BCUT2D eigenvalue weighted by atomic mass is 32.2. The number of hydrogen-bond acceptors (Lipinski definition) is 5. The van der Waals surface area contributed by atoms with Gasteiger partial charge in [0.05, 0.1) is 10.6 Å². The van der Waals surface area contributed by atoms with Gasteiger partial charge >= 0.3 is 6.03 Å². The van der Waals surface area contributed by atoms with Crippen molar-refractivity contribution in [1.82, 2.24) is 10.6 Å². The van der Waals surface area contributed by atoms with Crippen molar-refractivity contribution in [3.63, 3.8) is 0 Å². The molecule has 110 valence electrons. The third-order valence-electron chi connectivity index (χ3n) is 2.60. The maximum Gasteiger partial charge on any atom is 0.321 e. The van der Waals surface area contributed by atoms with Crippen LogP contribution >= 0.6 is 0 Å². The van der Waals surface area contributed by atoms with E-state index in [2.05, 4.69) is 5.32 Å². The van der Waals surface area contributed by atoms with Gasteiger partial charge < -0.3 is 11.1 Å². The van der Waals surface area contributed by atoms with Gasteiger partial charge in [-0.3, -0.25) is 10.1 Å². The third kappa shape index (κ3) is 3.23. The number of nitrogens with one attached hydrogen (secondary N) is 2. The fourth-order valence-corrected chi connectivity index (χ4v) is 2.58. The van der Waals surface area contributed by atoms with Gasteiger partial charge in [0, 0.05) is 7.05 Å². The fourth-order valence-electron chi connectivity index (χ4n) is 1.31. The zero-order valence-corrected chi connectivity index (χ0v) is 11.6. The van der Waals surface area contributed by atoms with Gasteiger partial charge in [0.1, 0.15) is 11.1 Å². The van der Waals surface area contributed by atoms with Crippen molar-refractivity contribution < 1.29 is 22.4 Å². The number of urea groups is 1. The number of rotatable bonds is 3. The van der Waals surface area contributed by atoms with Crippen molar-refractivity contribution in [3.05, 3.63) is 24.0 Å². The minimum Gasteiger partial charge on any atom is -0.396 e. The summed E-state index contributed by atoms with van der Waals surface area (Å²) in [5.41, 5.74) is 5.05. The lowest BCUT2D eigenvalue weighted by molar-refractivity contribution is -0.119. The van der Waals surface area contributed by atoms with Crippen LogP contribution in [0.2, 0.25) is 0 Å². The highest BCUT2D eigenvalue weighted by Crippen LogP contribution is 2.20. The number of carbonyl (C=O) groups is 2. The second-order valence-electron chi connectivity index (χ2n) is 3.94. The molecule has 0 saturated carbocycles. The molecule has 0 aliphatic heterocycles. The number of carbonyl (C=O) groups excluding carboxylic acids is 2. The topological polar surface area (TPSA) is 118 Å². The van der Waals surface area contributed by atoms with Crippen LogP contribution in [0.5, 0.6) is 0 Å². The Balaban J connectivity index is 3.06. The monoisotopic (exact) mass is 303 g/mol. The maximum absolute atomic E-state index is 13.3. The number of imide groups is 1. The van der Waals surface area contributed by atoms with Crippen molar-refractivity contribution in [3.8, 4) is 0 Å². The standard InChI is InChI=1S/C11H14FN3O4S/c1-6(10(16)15-11(17)14-2)20(18,19)7-3-4-9(13)8(12)5-7/h3-6H,13H2,1-2H3,(H2,14,15,16,17). The molecule has 0 radical (unpaired) electrons. The Bertz CT molecular complexity index is 645. The molecule has 4 N–H and O–H groups in total. The summed E-state index contributed by atoms with van der Waals surface area (Å²) < 4.78 is 37.5. The zero-order valence-electron chi connectivity index (χ0n) is 10.8. The van der Waals surface area contributed by atoms with E-state index in [1.807, 2.05) is 5.32 Å². The first-order chi connectivity index (χ1) is 9.20. The van der Waals surface area contributed by atoms with Crippen LogP contribution in [0.25, 0.3) is 0 Å². The molecule has 0 aliphatic carbocycles. The summed E-state index contributed by atoms with van der Waals surface area (Å²) in [5, 5.41) is 2.41. The van der Waals surface area contributed by atoms with Gasteiger partial charge in [0.15, 0.2) is 9.84 Å². The average Bonchev–Trinajstić information content (AvgIpc) is 2.40. The zero-order chi connectivity index (χ0) is 15.5. The number of anilines is 1. The van der Waals surface area contributed by atoms with Gasteiger partial charge in [0.2, 0.25) is 5.91 Å². The first-order valence-electron chi connectivity index (χ1n) is 5.51. The largest absolute Gasteiger partial charge is 0.396 e. The predicted octanol–water partition coefficient (Wildman–Crippen LogP) is 0.0257. The summed E-state index contributed by atoms with van der Waals surface area (Å²) in [6.07, 6.45) is 0. The van der Waals surface area contributed by atoms with E-state index in [0.717, 1.165) is 25.1 Å². The maximum atomic E-state index is 13.3. The van der Waals surface area contributed by atoms with Gasteiger partial charge in [-0.25, -0.2) is 17.6 Å². The number of sulfone groups is 1. The van der Waals surface area contributed by atoms with E-state index < -0.39 is 32.8 Å². The minimum atomic E-state index is -4.12. The van der Waals surface area contributed by atoms with Gasteiger partial charge in [-0.1, -0.05) is 0 Å². The Morgan fingerprint density at radius 2 is 1.95 bits per heavy atom. The van der Waals surface area contributed by atoms with E-state index >= 15 is 0 Å². The molecule has 1 aromatic carbocycles. The summed E-state index contributed by atoms with van der Waals surface area (Å²) in [4.78, 5) is 22.2. The van der Waals surface area contributed by atoms with E-state index in [1.54, 1.807) is 0 Å². The molecule has 1 rings (SSSR count). The summed E-state index contributed by atoms with van der Waals surface area (Å²) >= 11 is 0. The first kappa shape index (κ1) is 15.9. The Morgan fingerprint density at radius 3 is 2.45 bits per heavy atom. The van der Waals surface area contributed by atoms with Gasteiger partial charge in [0.25, 0.3) is 0 Å². The Hall–Kier alpha value is -2.16. The van der Waals surface area contributed by atoms with Crippen molar-refractivity contribution in [1.29, 1.82) is 0 Å². The molecule has 9 heteroatoms. The average molecular weight is 303 g/mol. The van der Waals surface area contributed by atoms with Crippen molar-refractivity contribution in [2.24, 2.45) is 0 Å². The van der Waals surface area contributed by atoms with E-state index in [1.165, 1.54) is 7.05 Å². The van der Waals surface area contributed by atoms with Crippen LogP contribution in [0.15, 0.2) is 23.1 Å². The lowest BCUT2D eigenvalue weighted by Crippen LogP contribution is -2.44. The summed E-state index contributed by atoms with van der Waals surface area (Å²) in [6, 6.07) is 2.08. The predicted molar refractivity (Wildman–Crippen MR) is 70.1 cm³/mol. The lowest BCUT2D eigenvalue weighted by Gasteiger charge is -2.13. The van der Waals surface area contributed by atoms with E-state index in [4.69, 9.17) is 5.73 Å². The third-order valence-corrected chi connectivity index (χ3v) is 4.65. The summed E-state index contributed by atoms with van der Waals surface area (Å²) in [7, 11) is -2.84. The molecule has 0 fully saturated rings. The molecule has 0 aliphatic rings. The number of hydrogen-bond donors (Lipinski definition) is 3. The highest BCUT2D eigenvalue weighted by molar-refractivity contribution is 7.92. The molecule has 1 aromatic rings. The fraction of sp³-hybridized carbons (Fsp3) is 0.273. The van der Waals surface area contributed by atoms with Crippen LogP contribution in [0.3, 0.4) is 0 Å². The van der Waals surface area contributed by atoms with Crippen LogP contribution < -0.4 is 16.4 Å². The molecule has 0 saturated heterocycles. The molecule has 1 unspecified atom stereocenters. The molecule has 0 aromatic heterocycles. The Morgan fingerprint density at radius 1 is 1.35 bits per heavy atom. The smallest absolute Gasteiger partial charge is 0.321 e. The lowest BCUT2D eigenvalue weighted by atomic mass is 10.3. The van der Waals surface area contributed by atoms with E-state index in [9.17, 15) is 22.4 Å². The number of benzene rings is 1. The Kier molecular flexibility index (Phi) is 4.66. The molecule has 1 atom stereocenters. The first-order valence-corrected chi connectivity index (χ1v) is 7.06. The number of amides is 3. The second kappa shape index (κ2) is 5.87. The van der Waals surface area contributed by atoms with Crippen LogP contribution in [-0.4, -0.2) is 32.7 Å². The second-order valence-corrected chi connectivity index (χ2v) is 6.21. The van der Waals surface area contributed by atoms with Gasteiger partial charge in [-0.2, -0.15) is 0 Å². The number of nitrogens with two attached hydrogens (primary N) is 1. The molecule has 0 bridgehead atoms. The van der Waals surface area contributed by atoms with Crippen molar-refractivity contribution in [2.45, 2.75) is 17.1 Å². The molecule has 0 heterocycles. The summed E-state index contributed by atoms with van der Waals surface area (Å²) in [5.74, 6) is -1.91. The van der Waals surface area contributed by atoms with Gasteiger partial charge in [-0.05, 0) is 25.1 Å². The van der Waals surface area contributed by atoms with E-state index in [-0.39, 0.29) is 10.6 Å². The van der Waals surface area contributed by atoms with Crippen molar-refractivity contribution in [2.75, 3.05) is 12.8 Å². The number of halogens is 1.